The van der Waals surface area contributed by atoms with Crippen LogP contribution in [0.4, 0.5) is 0 Å². The Bertz CT molecular complexity index is 310. The second-order valence-electron chi connectivity index (χ2n) is 2.08. The third-order valence-corrected chi connectivity index (χ3v) is 2.08. The van der Waals surface area contributed by atoms with Crippen LogP contribution in [0, 0.1) is 0 Å². The number of methoxy groups -OCH3 is 1. The Balaban J connectivity index is 3.12. The monoisotopic (exact) mass is 188 g/mol. The predicted octanol–water partition coefficient (Wildman–Crippen LogP) is 0.981. The SMILES string of the molecule is COc1ccc(S(=O)O)c(O)c1. The van der Waals surface area contributed by atoms with Gasteiger partial charge in [-0.05, 0) is 12.1 Å². The molecule has 4 nitrogen and oxygen atoms in total. The molecule has 0 aliphatic carbocycles. The molecule has 0 fully saturated rings. The lowest BCUT2D eigenvalue weighted by molar-refractivity contribution is 0.404. The summed E-state index contributed by atoms with van der Waals surface area (Å²) in [4.78, 5) is -0.0178. The maximum absolute atomic E-state index is 10.5. The van der Waals surface area contributed by atoms with Gasteiger partial charge in [0.2, 0.25) is 0 Å². The van der Waals surface area contributed by atoms with Crippen molar-refractivity contribution >= 4 is 11.1 Å². The fourth-order valence-electron chi connectivity index (χ4n) is 0.772. The van der Waals surface area contributed by atoms with Gasteiger partial charge in [-0.25, -0.2) is 4.21 Å². The summed E-state index contributed by atoms with van der Waals surface area (Å²) in [6.07, 6.45) is 0. The van der Waals surface area contributed by atoms with E-state index < -0.39 is 11.1 Å². The van der Waals surface area contributed by atoms with Crippen molar-refractivity contribution in [1.29, 1.82) is 0 Å². The maximum Gasteiger partial charge on any atom is 0.190 e. The Hall–Kier alpha value is -1.07. The summed E-state index contributed by atoms with van der Waals surface area (Å²) in [5, 5.41) is 9.16. The van der Waals surface area contributed by atoms with Crippen LogP contribution in [-0.2, 0) is 11.1 Å². The average molecular weight is 188 g/mol. The first-order valence-electron chi connectivity index (χ1n) is 3.13. The first kappa shape index (κ1) is 9.02. The lowest BCUT2D eigenvalue weighted by Crippen LogP contribution is -1.90. The van der Waals surface area contributed by atoms with E-state index in [9.17, 15) is 4.21 Å². The van der Waals surface area contributed by atoms with Crippen LogP contribution in [0.2, 0.25) is 0 Å². The van der Waals surface area contributed by atoms with Crippen LogP contribution >= 0.6 is 0 Å². The highest BCUT2D eigenvalue weighted by Gasteiger charge is 2.07. The highest BCUT2D eigenvalue weighted by Crippen LogP contribution is 2.25. The van der Waals surface area contributed by atoms with Gasteiger partial charge < -0.3 is 14.4 Å². The molecule has 0 aliphatic heterocycles. The Morgan fingerprint density at radius 3 is 2.58 bits per heavy atom. The van der Waals surface area contributed by atoms with Crippen LogP contribution in [-0.4, -0.2) is 21.0 Å². The minimum absolute atomic E-state index is 0.0178. The number of benzene rings is 1. The summed E-state index contributed by atoms with van der Waals surface area (Å²) < 4.78 is 24.0. The molecule has 1 aromatic carbocycles. The van der Waals surface area contributed by atoms with Gasteiger partial charge in [0, 0.05) is 6.07 Å². The fraction of sp³-hybridized carbons (Fsp3) is 0.143. The molecule has 2 N–H and O–H groups in total. The van der Waals surface area contributed by atoms with Gasteiger partial charge >= 0.3 is 0 Å². The number of phenolic OH excluding ortho intramolecular Hbond substituents is 1. The summed E-state index contributed by atoms with van der Waals surface area (Å²) in [6, 6.07) is 4.12. The number of rotatable bonds is 2. The molecule has 1 unspecified atom stereocenters. The molecule has 0 saturated heterocycles. The van der Waals surface area contributed by atoms with Gasteiger partial charge in [-0.1, -0.05) is 0 Å². The van der Waals surface area contributed by atoms with Crippen molar-refractivity contribution in [2.75, 3.05) is 7.11 Å². The zero-order chi connectivity index (χ0) is 9.14. The van der Waals surface area contributed by atoms with E-state index in [1.807, 2.05) is 0 Å². The third-order valence-electron chi connectivity index (χ3n) is 1.35. The number of phenols is 1. The molecule has 0 saturated carbocycles. The number of hydrogen-bond acceptors (Lipinski definition) is 3. The number of aromatic hydroxyl groups is 1. The van der Waals surface area contributed by atoms with Crippen LogP contribution in [0.3, 0.4) is 0 Å². The molecule has 12 heavy (non-hydrogen) atoms. The summed E-state index contributed by atoms with van der Waals surface area (Å²) in [6.45, 7) is 0. The number of ether oxygens (including phenoxy) is 1. The largest absolute Gasteiger partial charge is 0.506 e. The first-order valence-corrected chi connectivity index (χ1v) is 4.23. The molecule has 0 spiro atoms. The zero-order valence-corrected chi connectivity index (χ0v) is 7.17. The highest BCUT2D eigenvalue weighted by atomic mass is 32.2. The van der Waals surface area contributed by atoms with Crippen molar-refractivity contribution < 1.29 is 18.6 Å². The molecule has 0 bridgehead atoms. The minimum Gasteiger partial charge on any atom is -0.506 e. The van der Waals surface area contributed by atoms with Gasteiger partial charge in [-0.15, -0.1) is 0 Å². The van der Waals surface area contributed by atoms with Crippen molar-refractivity contribution in [3.05, 3.63) is 18.2 Å². The molecule has 1 aromatic rings. The van der Waals surface area contributed by atoms with Gasteiger partial charge in [0.05, 0.1) is 7.11 Å². The van der Waals surface area contributed by atoms with Crippen LogP contribution in [0.15, 0.2) is 23.1 Å². The predicted molar refractivity (Wildman–Crippen MR) is 43.7 cm³/mol. The van der Waals surface area contributed by atoms with E-state index in [0.29, 0.717) is 5.75 Å². The van der Waals surface area contributed by atoms with Gasteiger partial charge in [0.15, 0.2) is 11.1 Å². The second-order valence-corrected chi connectivity index (χ2v) is 3.02. The summed E-state index contributed by atoms with van der Waals surface area (Å²) in [5.74, 6) is 0.205. The summed E-state index contributed by atoms with van der Waals surface area (Å²) in [7, 11) is 1.45. The lowest BCUT2D eigenvalue weighted by Gasteiger charge is -2.02. The summed E-state index contributed by atoms with van der Waals surface area (Å²) >= 11 is -2.16. The van der Waals surface area contributed by atoms with Gasteiger partial charge in [0.25, 0.3) is 0 Å². The van der Waals surface area contributed by atoms with Crippen molar-refractivity contribution in [3.63, 3.8) is 0 Å². The van der Waals surface area contributed by atoms with E-state index in [-0.39, 0.29) is 10.6 Å². The lowest BCUT2D eigenvalue weighted by atomic mass is 10.3. The highest BCUT2D eigenvalue weighted by molar-refractivity contribution is 7.79. The van der Waals surface area contributed by atoms with E-state index in [0.717, 1.165) is 0 Å². The van der Waals surface area contributed by atoms with Gasteiger partial charge in [-0.2, -0.15) is 0 Å². The zero-order valence-electron chi connectivity index (χ0n) is 6.35. The topological polar surface area (TPSA) is 66.8 Å². The average Bonchev–Trinajstić information content (AvgIpc) is 2.03. The molecule has 1 atom stereocenters. The van der Waals surface area contributed by atoms with Gasteiger partial charge in [0.1, 0.15) is 16.4 Å². The smallest absolute Gasteiger partial charge is 0.190 e. The quantitative estimate of drug-likeness (QED) is 0.679. The van der Waals surface area contributed by atoms with Crippen LogP contribution in [0.1, 0.15) is 0 Å². The van der Waals surface area contributed by atoms with Crippen molar-refractivity contribution in [1.82, 2.24) is 0 Å². The normalized spacial score (nSPS) is 12.5. The third kappa shape index (κ3) is 1.75. The molecular weight excluding hydrogens is 180 g/mol. The molecule has 66 valence electrons. The molecular formula is C7H8O4S. The standard InChI is InChI=1S/C7H8O4S/c1-11-5-2-3-7(12(9)10)6(8)4-5/h2-4,8H,1H3,(H,9,10). The fourth-order valence-corrected chi connectivity index (χ4v) is 1.19. The van der Waals surface area contributed by atoms with E-state index in [4.69, 9.17) is 14.4 Å². The molecule has 0 amide bonds. The number of hydrogen-bond donors (Lipinski definition) is 2. The second kappa shape index (κ2) is 3.55. The van der Waals surface area contributed by atoms with E-state index >= 15 is 0 Å². The van der Waals surface area contributed by atoms with Crippen LogP contribution < -0.4 is 4.74 Å². The van der Waals surface area contributed by atoms with E-state index in [2.05, 4.69) is 0 Å². The van der Waals surface area contributed by atoms with E-state index in [1.54, 1.807) is 0 Å². The molecule has 5 heteroatoms. The Morgan fingerprint density at radius 2 is 2.17 bits per heavy atom. The molecule has 0 heterocycles. The maximum atomic E-state index is 10.5. The summed E-state index contributed by atoms with van der Waals surface area (Å²) in [5.41, 5.74) is 0. The molecule has 0 radical (unpaired) electrons. The molecule has 0 aliphatic rings. The van der Waals surface area contributed by atoms with Crippen molar-refractivity contribution in [2.45, 2.75) is 4.90 Å². The first-order chi connectivity index (χ1) is 5.65. The Kier molecular flexibility index (Phi) is 2.67. The van der Waals surface area contributed by atoms with Crippen LogP contribution in [0.5, 0.6) is 11.5 Å². The van der Waals surface area contributed by atoms with Crippen molar-refractivity contribution in [2.24, 2.45) is 0 Å². The Morgan fingerprint density at radius 1 is 1.50 bits per heavy atom. The van der Waals surface area contributed by atoms with Gasteiger partial charge in [-0.3, -0.25) is 0 Å². The minimum atomic E-state index is -2.16. The van der Waals surface area contributed by atoms with Crippen molar-refractivity contribution in [3.8, 4) is 11.5 Å². The molecule has 1 rings (SSSR count). The van der Waals surface area contributed by atoms with Crippen LogP contribution in [0.25, 0.3) is 0 Å². The Labute approximate surface area is 72.1 Å². The van der Waals surface area contributed by atoms with E-state index in [1.165, 1.54) is 25.3 Å². The molecule has 0 aromatic heterocycles.